The Morgan fingerprint density at radius 3 is 1.97 bits per heavy atom. The van der Waals surface area contributed by atoms with E-state index in [0.29, 0.717) is 0 Å². The highest BCUT2D eigenvalue weighted by Crippen LogP contribution is 2.55. The molecule has 146 valence electrons. The van der Waals surface area contributed by atoms with Crippen LogP contribution < -0.4 is 5.32 Å². The molecule has 1 N–H and O–H groups in total. The second-order valence-electron chi connectivity index (χ2n) is 7.13. The maximum absolute atomic E-state index is 14.6. The van der Waals surface area contributed by atoms with Crippen molar-refractivity contribution in [3.63, 3.8) is 0 Å². The lowest BCUT2D eigenvalue weighted by molar-refractivity contribution is 0.161. The van der Waals surface area contributed by atoms with Crippen LogP contribution in [0, 0.1) is 92.2 Å². The Bertz CT molecular complexity index is 1120. The summed E-state index contributed by atoms with van der Waals surface area (Å²) in [6, 6.07) is 9.26. The van der Waals surface area contributed by atoms with Crippen LogP contribution in [0.2, 0.25) is 0 Å². The second kappa shape index (κ2) is 8.05. The molecular formula is C22H14F2N6. The van der Waals surface area contributed by atoms with Crippen LogP contribution in [0.25, 0.3) is 0 Å². The van der Waals surface area contributed by atoms with Gasteiger partial charge in [-0.2, -0.15) is 26.3 Å². The molecule has 3 aliphatic carbocycles. The van der Waals surface area contributed by atoms with E-state index in [1.165, 1.54) is 19.2 Å². The summed E-state index contributed by atoms with van der Waals surface area (Å²) in [7, 11) is 1.52. The molecule has 5 atom stereocenters. The molecule has 8 heteroatoms. The lowest BCUT2D eigenvalue weighted by Gasteiger charge is -2.48. The first-order valence-corrected chi connectivity index (χ1v) is 9.06. The van der Waals surface area contributed by atoms with Crippen LogP contribution in [0.5, 0.6) is 0 Å². The minimum Gasteiger partial charge on any atom is -0.386 e. The Balaban J connectivity index is 2.35. The van der Waals surface area contributed by atoms with Crippen molar-refractivity contribution in [1.29, 1.82) is 26.3 Å². The van der Waals surface area contributed by atoms with E-state index in [1.807, 2.05) is 12.1 Å². The van der Waals surface area contributed by atoms with Crippen molar-refractivity contribution < 1.29 is 8.78 Å². The second-order valence-corrected chi connectivity index (χ2v) is 7.13. The van der Waals surface area contributed by atoms with Crippen molar-refractivity contribution in [3.05, 3.63) is 58.4 Å². The number of nitrogens with zero attached hydrogens (tertiary/aromatic N) is 5. The zero-order valence-electron chi connectivity index (χ0n) is 15.8. The fraction of sp³-hybridized carbons (Fsp3) is 0.318. The molecule has 0 saturated heterocycles. The van der Waals surface area contributed by atoms with Crippen molar-refractivity contribution in [3.8, 4) is 30.3 Å². The highest BCUT2D eigenvalue weighted by Gasteiger charge is 2.51. The molecule has 0 spiro atoms. The van der Waals surface area contributed by atoms with E-state index in [-0.39, 0.29) is 22.4 Å². The van der Waals surface area contributed by atoms with Crippen LogP contribution in [0.1, 0.15) is 0 Å². The van der Waals surface area contributed by atoms with E-state index >= 15 is 0 Å². The number of likely N-dealkylation sites (N-methyl/N-ethyl adjacent to an activating group) is 1. The first kappa shape index (κ1) is 20.5. The molecule has 0 amide bonds. The van der Waals surface area contributed by atoms with Crippen molar-refractivity contribution in [2.45, 2.75) is 0 Å². The van der Waals surface area contributed by atoms with Gasteiger partial charge >= 0.3 is 0 Å². The summed E-state index contributed by atoms with van der Waals surface area (Å²) >= 11 is 0. The van der Waals surface area contributed by atoms with Gasteiger partial charge in [0.25, 0.3) is 0 Å². The Morgan fingerprint density at radius 2 is 1.47 bits per heavy atom. The van der Waals surface area contributed by atoms with E-state index < -0.39 is 47.2 Å². The van der Waals surface area contributed by atoms with Crippen molar-refractivity contribution in [2.75, 3.05) is 7.05 Å². The van der Waals surface area contributed by atoms with Gasteiger partial charge in [-0.3, -0.25) is 0 Å². The monoisotopic (exact) mass is 400 g/mol. The number of hydrogen-bond donors (Lipinski definition) is 1. The summed E-state index contributed by atoms with van der Waals surface area (Å²) in [4.78, 5) is 0. The smallest absolute Gasteiger partial charge is 0.142 e. The van der Waals surface area contributed by atoms with Gasteiger partial charge in [0, 0.05) is 24.8 Å². The summed E-state index contributed by atoms with van der Waals surface area (Å²) in [6.45, 7) is 0. The number of halogens is 2. The minimum absolute atomic E-state index is 0.158. The molecular weight excluding hydrogens is 386 g/mol. The number of rotatable bonds is 2. The quantitative estimate of drug-likeness (QED) is 0.707. The lowest BCUT2D eigenvalue weighted by atomic mass is 9.53. The van der Waals surface area contributed by atoms with Crippen molar-refractivity contribution in [1.82, 2.24) is 5.32 Å². The van der Waals surface area contributed by atoms with E-state index in [2.05, 4.69) is 5.32 Å². The Morgan fingerprint density at radius 1 is 0.900 bits per heavy atom. The summed E-state index contributed by atoms with van der Waals surface area (Å²) in [6.07, 6.45) is 5.27. The van der Waals surface area contributed by atoms with Gasteiger partial charge in [-0.15, -0.1) is 0 Å². The van der Waals surface area contributed by atoms with Gasteiger partial charge in [-0.1, -0.05) is 12.2 Å². The first-order valence-electron chi connectivity index (χ1n) is 9.06. The zero-order valence-corrected chi connectivity index (χ0v) is 15.8. The van der Waals surface area contributed by atoms with Gasteiger partial charge in [0.15, 0.2) is 0 Å². The van der Waals surface area contributed by atoms with Gasteiger partial charge in [-0.05, 0) is 29.6 Å². The van der Waals surface area contributed by atoms with Crippen LogP contribution in [-0.2, 0) is 0 Å². The van der Waals surface area contributed by atoms with Crippen molar-refractivity contribution >= 4 is 0 Å². The summed E-state index contributed by atoms with van der Waals surface area (Å²) in [5.74, 6) is -6.25. The van der Waals surface area contributed by atoms with Crippen LogP contribution >= 0.6 is 0 Å². The molecule has 0 aliphatic heterocycles. The molecule has 1 fully saturated rings. The predicted octanol–water partition coefficient (Wildman–Crippen LogP) is 3.38. The van der Waals surface area contributed by atoms with Gasteiger partial charge in [0.2, 0.25) is 0 Å². The molecule has 0 bridgehead atoms. The maximum Gasteiger partial charge on any atom is 0.142 e. The first-order chi connectivity index (χ1) is 14.4. The van der Waals surface area contributed by atoms with Crippen molar-refractivity contribution in [2.24, 2.45) is 35.5 Å². The third-order valence-electron chi connectivity index (χ3n) is 5.89. The highest BCUT2D eigenvalue weighted by molar-refractivity contribution is 5.53. The Kier molecular flexibility index (Phi) is 5.51. The largest absolute Gasteiger partial charge is 0.386 e. The molecule has 1 saturated carbocycles. The van der Waals surface area contributed by atoms with Crippen LogP contribution in [0.4, 0.5) is 8.78 Å². The van der Waals surface area contributed by atoms with E-state index in [1.54, 1.807) is 24.3 Å². The summed E-state index contributed by atoms with van der Waals surface area (Å²) < 4.78 is 29.2. The predicted molar refractivity (Wildman–Crippen MR) is 99.6 cm³/mol. The van der Waals surface area contributed by atoms with Gasteiger partial charge in [-0.25, -0.2) is 8.78 Å². The number of allylic oxidation sites excluding steroid dienone is 9. The average molecular weight is 400 g/mol. The molecule has 0 aromatic rings. The molecule has 0 aromatic heterocycles. The number of fused-ring (bicyclic) bond motifs is 2. The molecule has 0 aromatic carbocycles. The molecule has 5 unspecified atom stereocenters. The average Bonchev–Trinajstić information content (AvgIpc) is 2.75. The van der Waals surface area contributed by atoms with Gasteiger partial charge in [0.1, 0.15) is 41.4 Å². The van der Waals surface area contributed by atoms with E-state index in [4.69, 9.17) is 0 Å². The fourth-order valence-corrected chi connectivity index (χ4v) is 4.67. The number of hydrogen-bond acceptors (Lipinski definition) is 6. The van der Waals surface area contributed by atoms with Crippen LogP contribution in [0.15, 0.2) is 58.4 Å². The van der Waals surface area contributed by atoms with Gasteiger partial charge < -0.3 is 5.32 Å². The van der Waals surface area contributed by atoms with E-state index in [9.17, 15) is 35.1 Å². The Labute approximate surface area is 172 Å². The topological polar surface area (TPSA) is 131 Å². The third kappa shape index (κ3) is 3.04. The zero-order chi connectivity index (χ0) is 22.0. The molecule has 0 heterocycles. The molecule has 6 nitrogen and oxygen atoms in total. The fourth-order valence-electron chi connectivity index (χ4n) is 4.67. The normalized spacial score (nSPS) is 29.0. The summed E-state index contributed by atoms with van der Waals surface area (Å²) in [5.41, 5.74) is -0.122. The third-order valence-corrected chi connectivity index (χ3v) is 5.89. The SMILES string of the molecule is CNC1=CC2C(C=C1F)C(=C(C#N)C#N)C1C=C(F)C(C#N)=CC1C2C(C#N)C#N. The number of nitriles is 5. The van der Waals surface area contributed by atoms with Crippen LogP contribution in [0.3, 0.4) is 0 Å². The molecule has 3 rings (SSSR count). The van der Waals surface area contributed by atoms with Crippen LogP contribution in [-0.4, -0.2) is 7.05 Å². The number of nitrogens with one attached hydrogen (secondary N) is 1. The lowest BCUT2D eigenvalue weighted by Crippen LogP contribution is -2.45. The highest BCUT2D eigenvalue weighted by atomic mass is 19.1. The maximum atomic E-state index is 14.6. The molecule has 0 radical (unpaired) electrons. The Hall–Kier alpha value is -4.19. The minimum atomic E-state index is -1.13. The molecule has 3 aliphatic rings. The van der Waals surface area contributed by atoms with E-state index in [0.717, 1.165) is 6.08 Å². The summed E-state index contributed by atoms with van der Waals surface area (Å²) in [5, 5.41) is 50.2. The molecule has 30 heavy (non-hydrogen) atoms. The standard InChI is InChI=1S/C22H14F2N6/c1-30-20-5-17-16(4-19(20)24)22(13(9-28)10-29)15-3-18(23)11(6-25)2-14(15)21(17)12(7-26)8-27/h2-5,12,14-17,21,30H,1H3. The van der Waals surface area contributed by atoms with Gasteiger partial charge in [0.05, 0.1) is 23.4 Å².